The third-order valence-corrected chi connectivity index (χ3v) is 8.75. The van der Waals surface area contributed by atoms with E-state index in [0.717, 1.165) is 22.0 Å². The van der Waals surface area contributed by atoms with Crippen LogP contribution < -0.4 is 11.1 Å². The Kier molecular flexibility index (Phi) is 7.68. The molecule has 3 aromatic rings. The Labute approximate surface area is 240 Å². The number of halogens is 1. The van der Waals surface area contributed by atoms with Gasteiger partial charge in [0, 0.05) is 55.1 Å². The van der Waals surface area contributed by atoms with Gasteiger partial charge in [-0.3, -0.25) is 14.4 Å². The van der Waals surface area contributed by atoms with Crippen LogP contribution in [0.15, 0.2) is 54.7 Å². The number of hydrogen-bond donors (Lipinski definition) is 3. The van der Waals surface area contributed by atoms with Crippen molar-refractivity contribution < 1.29 is 18.8 Å². The number of aromatic nitrogens is 1. The Bertz CT molecular complexity index is 1440. The maximum Gasteiger partial charge on any atom is 0.245 e. The summed E-state index contributed by atoms with van der Waals surface area (Å²) in [6.07, 6.45) is 3.43. The molecule has 1 aromatic heterocycles. The quantitative estimate of drug-likeness (QED) is 0.408. The number of para-hydroxylation sites is 1. The first-order valence-corrected chi connectivity index (χ1v) is 14.4. The Morgan fingerprint density at radius 1 is 1.17 bits per heavy atom. The van der Waals surface area contributed by atoms with E-state index in [2.05, 4.69) is 10.3 Å². The SMILES string of the molecule is CC(C)N1CC(c2ccc(F)cc2)C2(CCCN(C(=O)C(Cc3c[nH]c4ccccc34)NC(=O)C(C)(C)N)C2)C1=O. The normalized spacial score (nSPS) is 22.1. The lowest BCUT2D eigenvalue weighted by atomic mass is 9.69. The fourth-order valence-corrected chi connectivity index (χ4v) is 6.47. The average molecular weight is 562 g/mol. The molecule has 2 aliphatic rings. The summed E-state index contributed by atoms with van der Waals surface area (Å²) in [6, 6.07) is 13.3. The van der Waals surface area contributed by atoms with Crippen LogP contribution in [0.5, 0.6) is 0 Å². The minimum Gasteiger partial charge on any atom is -0.361 e. The Hall–Kier alpha value is -3.72. The summed E-state index contributed by atoms with van der Waals surface area (Å²) in [5, 5.41) is 3.90. The highest BCUT2D eigenvalue weighted by Crippen LogP contribution is 2.50. The van der Waals surface area contributed by atoms with Crippen LogP contribution >= 0.6 is 0 Å². The van der Waals surface area contributed by atoms with Crippen molar-refractivity contribution in [3.05, 3.63) is 71.7 Å². The van der Waals surface area contributed by atoms with Crippen molar-refractivity contribution >= 4 is 28.6 Å². The topological polar surface area (TPSA) is 112 Å². The monoisotopic (exact) mass is 561 g/mol. The van der Waals surface area contributed by atoms with Gasteiger partial charge >= 0.3 is 0 Å². The van der Waals surface area contributed by atoms with Crippen LogP contribution in [0.1, 0.15) is 57.6 Å². The first-order valence-electron chi connectivity index (χ1n) is 14.4. The van der Waals surface area contributed by atoms with Crippen molar-refractivity contribution in [2.24, 2.45) is 11.1 Å². The van der Waals surface area contributed by atoms with Gasteiger partial charge in [0.1, 0.15) is 11.9 Å². The number of amides is 3. The Balaban J connectivity index is 1.47. The smallest absolute Gasteiger partial charge is 0.245 e. The summed E-state index contributed by atoms with van der Waals surface area (Å²) >= 11 is 0. The lowest BCUT2D eigenvalue weighted by molar-refractivity contribution is -0.146. The molecule has 0 aliphatic carbocycles. The lowest BCUT2D eigenvalue weighted by Crippen LogP contribution is -2.60. The van der Waals surface area contributed by atoms with Crippen LogP contribution in [0.25, 0.3) is 10.9 Å². The van der Waals surface area contributed by atoms with Gasteiger partial charge in [-0.15, -0.1) is 0 Å². The number of aromatic amines is 1. The third kappa shape index (κ3) is 5.47. The van der Waals surface area contributed by atoms with Gasteiger partial charge in [-0.1, -0.05) is 30.3 Å². The molecule has 8 nitrogen and oxygen atoms in total. The van der Waals surface area contributed by atoms with Crippen molar-refractivity contribution in [3.63, 3.8) is 0 Å². The van der Waals surface area contributed by atoms with Gasteiger partial charge in [0.05, 0.1) is 11.0 Å². The molecular formula is C32H40FN5O3. The van der Waals surface area contributed by atoms with Gasteiger partial charge in [-0.25, -0.2) is 4.39 Å². The molecule has 0 bridgehead atoms. The fraction of sp³-hybridized carbons (Fsp3) is 0.469. The average Bonchev–Trinajstić information content (AvgIpc) is 3.46. The zero-order valence-corrected chi connectivity index (χ0v) is 24.2. The second-order valence-corrected chi connectivity index (χ2v) is 12.5. The summed E-state index contributed by atoms with van der Waals surface area (Å²) in [5.74, 6) is -1.14. The number of fused-ring (bicyclic) bond motifs is 1. The second kappa shape index (κ2) is 10.9. The zero-order chi connectivity index (χ0) is 29.5. The number of piperidine rings is 1. The van der Waals surface area contributed by atoms with Crippen molar-refractivity contribution in [1.29, 1.82) is 0 Å². The molecule has 0 saturated carbocycles. The van der Waals surface area contributed by atoms with Crippen molar-refractivity contribution in [1.82, 2.24) is 20.1 Å². The van der Waals surface area contributed by atoms with E-state index in [1.165, 1.54) is 12.1 Å². The maximum absolute atomic E-state index is 14.3. The fourth-order valence-electron chi connectivity index (χ4n) is 6.47. The molecule has 4 N–H and O–H groups in total. The highest BCUT2D eigenvalue weighted by Gasteiger charge is 2.57. The van der Waals surface area contributed by atoms with Gasteiger partial charge in [-0.2, -0.15) is 0 Å². The number of nitrogens with one attached hydrogen (secondary N) is 2. The Morgan fingerprint density at radius 2 is 1.88 bits per heavy atom. The largest absolute Gasteiger partial charge is 0.361 e. The molecule has 5 rings (SSSR count). The third-order valence-electron chi connectivity index (χ3n) is 8.75. The maximum atomic E-state index is 14.3. The second-order valence-electron chi connectivity index (χ2n) is 12.5. The van der Waals surface area contributed by atoms with E-state index < -0.39 is 22.9 Å². The molecule has 2 aromatic carbocycles. The van der Waals surface area contributed by atoms with Gasteiger partial charge in [-0.05, 0) is 69.9 Å². The van der Waals surface area contributed by atoms with Crippen molar-refractivity contribution in [2.75, 3.05) is 19.6 Å². The molecule has 41 heavy (non-hydrogen) atoms. The zero-order valence-electron chi connectivity index (χ0n) is 24.2. The van der Waals surface area contributed by atoms with Crippen LogP contribution in [0.4, 0.5) is 4.39 Å². The number of nitrogens with zero attached hydrogens (tertiary/aromatic N) is 2. The number of carbonyl (C=O) groups is 3. The molecule has 3 atom stereocenters. The molecule has 3 heterocycles. The van der Waals surface area contributed by atoms with Crippen LogP contribution in [0.2, 0.25) is 0 Å². The molecule has 0 radical (unpaired) electrons. The molecule has 2 saturated heterocycles. The van der Waals surface area contributed by atoms with Gasteiger partial charge in [0.15, 0.2) is 0 Å². The molecule has 2 aliphatic heterocycles. The van der Waals surface area contributed by atoms with Crippen LogP contribution in [0, 0.1) is 11.2 Å². The first kappa shape index (κ1) is 28.8. The van der Waals surface area contributed by atoms with Gasteiger partial charge in [0.2, 0.25) is 17.7 Å². The van der Waals surface area contributed by atoms with Crippen molar-refractivity contribution in [3.8, 4) is 0 Å². The van der Waals surface area contributed by atoms with E-state index >= 15 is 0 Å². The number of likely N-dealkylation sites (tertiary alicyclic amines) is 2. The highest BCUT2D eigenvalue weighted by atomic mass is 19.1. The predicted molar refractivity (Wildman–Crippen MR) is 156 cm³/mol. The Morgan fingerprint density at radius 3 is 2.56 bits per heavy atom. The van der Waals surface area contributed by atoms with Gasteiger partial charge in [0.25, 0.3) is 0 Å². The van der Waals surface area contributed by atoms with E-state index in [1.54, 1.807) is 30.9 Å². The minimum absolute atomic E-state index is 0.00315. The molecule has 9 heteroatoms. The number of rotatable bonds is 7. The number of H-pyrrole nitrogens is 1. The number of carbonyl (C=O) groups excluding carboxylic acids is 3. The van der Waals surface area contributed by atoms with Crippen LogP contribution in [0.3, 0.4) is 0 Å². The molecule has 2 fully saturated rings. The molecule has 1 spiro atoms. The number of hydrogen-bond acceptors (Lipinski definition) is 4. The summed E-state index contributed by atoms with van der Waals surface area (Å²) in [6.45, 7) is 8.44. The van der Waals surface area contributed by atoms with Gasteiger partial charge < -0.3 is 25.8 Å². The first-order chi connectivity index (χ1) is 19.4. The molecular weight excluding hydrogens is 521 g/mol. The standard InChI is InChI=1S/C32H40FN5O3/c1-20(2)38-18-25(21-10-12-23(33)13-11-21)32(30(38)41)14-7-15-37(19-32)28(39)27(36-29(40)31(3,4)34)16-22-17-35-26-9-6-5-8-24(22)26/h5-6,8-13,17,20,25,27,35H,7,14-16,18-19,34H2,1-4H3,(H,36,40). The molecule has 3 amide bonds. The van der Waals surface area contributed by atoms with E-state index in [1.807, 2.05) is 49.2 Å². The van der Waals surface area contributed by atoms with E-state index in [4.69, 9.17) is 5.73 Å². The highest BCUT2D eigenvalue weighted by molar-refractivity contribution is 5.93. The number of nitrogens with two attached hydrogens (primary N) is 1. The minimum atomic E-state index is -1.17. The summed E-state index contributed by atoms with van der Waals surface area (Å²) in [7, 11) is 0. The van der Waals surface area contributed by atoms with E-state index in [9.17, 15) is 18.8 Å². The molecule has 3 unspecified atom stereocenters. The predicted octanol–water partition coefficient (Wildman–Crippen LogP) is 3.71. The summed E-state index contributed by atoms with van der Waals surface area (Å²) in [4.78, 5) is 48.2. The van der Waals surface area contributed by atoms with Crippen molar-refractivity contribution in [2.45, 2.75) is 70.5 Å². The summed E-state index contributed by atoms with van der Waals surface area (Å²) < 4.78 is 13.8. The van der Waals surface area contributed by atoms with E-state index in [0.29, 0.717) is 25.9 Å². The number of benzene rings is 2. The van der Waals surface area contributed by atoms with E-state index in [-0.39, 0.29) is 42.6 Å². The van der Waals surface area contributed by atoms with Crippen LogP contribution in [-0.2, 0) is 20.8 Å². The summed E-state index contributed by atoms with van der Waals surface area (Å²) in [5.41, 5.74) is 6.86. The lowest BCUT2D eigenvalue weighted by Gasteiger charge is -2.43. The molecule has 218 valence electrons. The van der Waals surface area contributed by atoms with Crippen LogP contribution in [-0.4, -0.2) is 69.8 Å².